The Balaban J connectivity index is 2.68. The van der Waals surface area contributed by atoms with Gasteiger partial charge < -0.3 is 10.2 Å². The molecule has 0 aliphatic carbocycles. The minimum absolute atomic E-state index is 0.0596. The second kappa shape index (κ2) is 6.98. The van der Waals surface area contributed by atoms with E-state index in [4.69, 9.17) is 11.6 Å². The van der Waals surface area contributed by atoms with Crippen LogP contribution in [0.2, 0.25) is 5.02 Å². The normalized spacial score (nSPS) is 11.6. The Hall–Kier alpha value is -1.22. The summed E-state index contributed by atoms with van der Waals surface area (Å²) in [6, 6.07) is 7.53. The van der Waals surface area contributed by atoms with Crippen LogP contribution in [-0.4, -0.2) is 24.5 Å². The van der Waals surface area contributed by atoms with E-state index in [2.05, 4.69) is 19.2 Å². The molecule has 1 aromatic carbocycles. The van der Waals surface area contributed by atoms with E-state index >= 15 is 0 Å². The molecule has 0 bridgehead atoms. The quantitative estimate of drug-likeness (QED) is 0.865. The van der Waals surface area contributed by atoms with Gasteiger partial charge in [-0.3, -0.25) is 0 Å². The molecule has 0 aliphatic heterocycles. The molecule has 0 aliphatic rings. The predicted octanol–water partition coefficient (Wildman–Crippen LogP) is 4.26. The minimum Gasteiger partial charge on any atom is -0.329 e. The van der Waals surface area contributed by atoms with Crippen molar-refractivity contribution in [2.24, 2.45) is 5.92 Å². The first kappa shape index (κ1) is 16.8. The highest BCUT2D eigenvalue weighted by Gasteiger charge is 2.24. The molecule has 0 saturated carbocycles. The second-order valence-corrected chi connectivity index (χ2v) is 6.61. The van der Waals surface area contributed by atoms with Crippen LogP contribution in [0.5, 0.6) is 0 Å². The van der Waals surface area contributed by atoms with Gasteiger partial charge in [-0.1, -0.05) is 37.6 Å². The number of nitrogens with zero attached hydrogens (tertiary/aromatic N) is 1. The second-order valence-electron chi connectivity index (χ2n) is 6.17. The van der Waals surface area contributed by atoms with Crippen molar-refractivity contribution in [1.29, 1.82) is 0 Å². The molecule has 20 heavy (non-hydrogen) atoms. The Labute approximate surface area is 127 Å². The summed E-state index contributed by atoms with van der Waals surface area (Å²) in [6.45, 7) is 9.03. The van der Waals surface area contributed by atoms with Gasteiger partial charge in [0.15, 0.2) is 0 Å². The SMILES string of the molecule is CC(C)CCN(C)C(=O)NC(C)(C)c1cccc(Cl)c1. The van der Waals surface area contributed by atoms with Gasteiger partial charge in [0.05, 0.1) is 5.54 Å². The van der Waals surface area contributed by atoms with Crippen molar-refractivity contribution >= 4 is 17.6 Å². The van der Waals surface area contributed by atoms with E-state index in [0.29, 0.717) is 10.9 Å². The highest BCUT2D eigenvalue weighted by Crippen LogP contribution is 2.23. The van der Waals surface area contributed by atoms with Gasteiger partial charge >= 0.3 is 6.03 Å². The standard InChI is InChI=1S/C16H25ClN2O/c1-12(2)9-10-19(5)15(20)18-16(3,4)13-7-6-8-14(17)11-13/h6-8,11-12H,9-10H2,1-5H3,(H,18,20). The van der Waals surface area contributed by atoms with Crippen molar-refractivity contribution in [2.45, 2.75) is 39.7 Å². The lowest BCUT2D eigenvalue weighted by atomic mass is 9.94. The lowest BCUT2D eigenvalue weighted by Gasteiger charge is -2.30. The van der Waals surface area contributed by atoms with Gasteiger partial charge in [0, 0.05) is 18.6 Å². The molecule has 0 saturated heterocycles. The molecule has 4 heteroatoms. The average Bonchev–Trinajstić information content (AvgIpc) is 2.35. The lowest BCUT2D eigenvalue weighted by Crippen LogP contribution is -2.47. The zero-order valence-corrected chi connectivity index (χ0v) is 13.8. The van der Waals surface area contributed by atoms with Crippen LogP contribution >= 0.6 is 11.6 Å². The molecule has 2 amide bonds. The molecule has 112 valence electrons. The fourth-order valence-electron chi connectivity index (χ4n) is 1.87. The molecule has 0 radical (unpaired) electrons. The molecule has 0 fully saturated rings. The third kappa shape index (κ3) is 5.04. The Morgan fingerprint density at radius 2 is 2.05 bits per heavy atom. The molecule has 1 rings (SSSR count). The number of urea groups is 1. The van der Waals surface area contributed by atoms with Crippen LogP contribution in [0, 0.1) is 5.92 Å². The van der Waals surface area contributed by atoms with Crippen LogP contribution in [0.4, 0.5) is 4.79 Å². The van der Waals surface area contributed by atoms with Gasteiger partial charge in [-0.05, 0) is 43.9 Å². The third-order valence-corrected chi connectivity index (χ3v) is 3.59. The van der Waals surface area contributed by atoms with Crippen LogP contribution in [-0.2, 0) is 5.54 Å². The Kier molecular flexibility index (Phi) is 5.88. The fraction of sp³-hybridized carbons (Fsp3) is 0.562. The number of carbonyl (C=O) groups excluding carboxylic acids is 1. The van der Waals surface area contributed by atoms with Crippen LogP contribution in [0.1, 0.15) is 39.7 Å². The monoisotopic (exact) mass is 296 g/mol. The molecule has 1 aromatic rings. The minimum atomic E-state index is -0.450. The highest BCUT2D eigenvalue weighted by molar-refractivity contribution is 6.30. The molecular weight excluding hydrogens is 272 g/mol. The highest BCUT2D eigenvalue weighted by atomic mass is 35.5. The van der Waals surface area contributed by atoms with E-state index in [0.717, 1.165) is 18.5 Å². The van der Waals surface area contributed by atoms with Gasteiger partial charge in [0.25, 0.3) is 0 Å². The molecule has 0 heterocycles. The predicted molar refractivity (Wildman–Crippen MR) is 85.1 cm³/mol. The third-order valence-electron chi connectivity index (χ3n) is 3.35. The molecule has 0 spiro atoms. The number of rotatable bonds is 5. The van der Waals surface area contributed by atoms with Crippen LogP contribution in [0.25, 0.3) is 0 Å². The van der Waals surface area contributed by atoms with E-state index in [1.807, 2.05) is 45.2 Å². The number of hydrogen-bond acceptors (Lipinski definition) is 1. The van der Waals surface area contributed by atoms with E-state index in [9.17, 15) is 4.79 Å². The lowest BCUT2D eigenvalue weighted by molar-refractivity contribution is 0.195. The number of benzene rings is 1. The smallest absolute Gasteiger partial charge is 0.317 e. The Morgan fingerprint density at radius 1 is 1.40 bits per heavy atom. The van der Waals surface area contributed by atoms with Crippen LogP contribution in [0.15, 0.2) is 24.3 Å². The van der Waals surface area contributed by atoms with Gasteiger partial charge in [-0.15, -0.1) is 0 Å². The topological polar surface area (TPSA) is 32.3 Å². The zero-order valence-electron chi connectivity index (χ0n) is 13.0. The number of carbonyl (C=O) groups is 1. The van der Waals surface area contributed by atoms with Crippen molar-refractivity contribution in [3.05, 3.63) is 34.9 Å². The van der Waals surface area contributed by atoms with E-state index in [-0.39, 0.29) is 6.03 Å². The average molecular weight is 297 g/mol. The largest absolute Gasteiger partial charge is 0.329 e. The summed E-state index contributed by atoms with van der Waals surface area (Å²) in [5.41, 5.74) is 0.546. The summed E-state index contributed by atoms with van der Waals surface area (Å²) >= 11 is 6.01. The first-order valence-corrected chi connectivity index (χ1v) is 7.39. The molecule has 0 aromatic heterocycles. The Bertz CT molecular complexity index is 458. The molecule has 0 unspecified atom stereocenters. The first-order chi connectivity index (χ1) is 9.22. The zero-order chi connectivity index (χ0) is 15.3. The van der Waals surface area contributed by atoms with Gasteiger partial charge in [-0.25, -0.2) is 4.79 Å². The number of nitrogens with one attached hydrogen (secondary N) is 1. The van der Waals surface area contributed by atoms with Gasteiger partial charge in [-0.2, -0.15) is 0 Å². The van der Waals surface area contributed by atoms with Gasteiger partial charge in [0.2, 0.25) is 0 Å². The van der Waals surface area contributed by atoms with Crippen molar-refractivity contribution in [3.8, 4) is 0 Å². The first-order valence-electron chi connectivity index (χ1n) is 7.01. The molecular formula is C16H25ClN2O. The number of hydrogen-bond donors (Lipinski definition) is 1. The molecule has 1 N–H and O–H groups in total. The summed E-state index contributed by atoms with van der Waals surface area (Å²) in [4.78, 5) is 13.9. The van der Waals surface area contributed by atoms with Crippen LogP contribution in [0.3, 0.4) is 0 Å². The van der Waals surface area contributed by atoms with Crippen molar-refractivity contribution in [2.75, 3.05) is 13.6 Å². The van der Waals surface area contributed by atoms with Gasteiger partial charge in [0.1, 0.15) is 0 Å². The summed E-state index contributed by atoms with van der Waals surface area (Å²) in [5.74, 6) is 0.589. The molecule has 0 atom stereocenters. The fourth-order valence-corrected chi connectivity index (χ4v) is 2.06. The summed E-state index contributed by atoms with van der Waals surface area (Å²) in [7, 11) is 1.83. The van der Waals surface area contributed by atoms with E-state index in [1.54, 1.807) is 4.90 Å². The maximum Gasteiger partial charge on any atom is 0.317 e. The van der Waals surface area contributed by atoms with Crippen LogP contribution < -0.4 is 5.32 Å². The van der Waals surface area contributed by atoms with Crippen molar-refractivity contribution < 1.29 is 4.79 Å². The Morgan fingerprint density at radius 3 is 2.60 bits per heavy atom. The number of amides is 2. The summed E-state index contributed by atoms with van der Waals surface area (Å²) in [6.07, 6.45) is 1.00. The van der Waals surface area contributed by atoms with Crippen molar-refractivity contribution in [3.63, 3.8) is 0 Å². The van der Waals surface area contributed by atoms with E-state index < -0.39 is 5.54 Å². The maximum atomic E-state index is 12.2. The number of halogens is 1. The van der Waals surface area contributed by atoms with Crippen molar-refractivity contribution in [1.82, 2.24) is 10.2 Å². The summed E-state index contributed by atoms with van der Waals surface area (Å²) in [5, 5.41) is 3.73. The molecule has 3 nitrogen and oxygen atoms in total. The van der Waals surface area contributed by atoms with E-state index in [1.165, 1.54) is 0 Å². The maximum absolute atomic E-state index is 12.2. The summed E-state index contributed by atoms with van der Waals surface area (Å²) < 4.78 is 0.